The van der Waals surface area contributed by atoms with Crippen molar-refractivity contribution in [1.29, 1.82) is 0 Å². The highest BCUT2D eigenvalue weighted by atomic mass is 32.2. The molecule has 0 saturated carbocycles. The number of nitrogens with zero attached hydrogens (tertiary/aromatic N) is 3. The third-order valence-corrected chi connectivity index (χ3v) is 7.25. The molecule has 212 valence electrons. The third kappa shape index (κ3) is 5.75. The summed E-state index contributed by atoms with van der Waals surface area (Å²) in [6, 6.07) is 8.37. The molecule has 1 aliphatic heterocycles. The summed E-state index contributed by atoms with van der Waals surface area (Å²) in [4.78, 5) is 48.2. The Morgan fingerprint density at radius 2 is 1.32 bits per heavy atom. The highest BCUT2D eigenvalue weighted by Gasteiger charge is 2.35. The zero-order valence-corrected chi connectivity index (χ0v) is 21.7. The lowest BCUT2D eigenvalue weighted by Gasteiger charge is -2.11. The van der Waals surface area contributed by atoms with Gasteiger partial charge in [-0.2, -0.15) is 26.9 Å². The fraction of sp³-hybridized carbons (Fsp3) is 0. The summed E-state index contributed by atoms with van der Waals surface area (Å²) < 4.78 is 64.1. The molecular formula is C23H16N4O12S2. The summed E-state index contributed by atoms with van der Waals surface area (Å²) in [5.74, 6) is -4.12. The Kier molecular flexibility index (Phi) is 7.33. The predicted molar refractivity (Wildman–Crippen MR) is 139 cm³/mol. The van der Waals surface area contributed by atoms with Gasteiger partial charge in [0.05, 0.1) is 32.3 Å². The van der Waals surface area contributed by atoms with Crippen molar-refractivity contribution in [1.82, 2.24) is 9.78 Å². The summed E-state index contributed by atoms with van der Waals surface area (Å²) in [6.45, 7) is 0. The maximum Gasteiger partial charge on any atom is 0.357 e. The lowest BCUT2D eigenvalue weighted by Crippen LogP contribution is -2.22. The number of hydrogen-bond acceptors (Lipinski definition) is 9. The predicted octanol–water partition coefficient (Wildman–Crippen LogP) is 0.784. The summed E-state index contributed by atoms with van der Waals surface area (Å²) in [7, 11) is -9.05. The number of hydrogen-bond donors (Lipinski definition) is 5. The average molecular weight is 605 g/mol. The van der Waals surface area contributed by atoms with Crippen LogP contribution in [0.5, 0.6) is 0 Å². The fourth-order valence-electron chi connectivity index (χ4n) is 3.67. The van der Waals surface area contributed by atoms with Gasteiger partial charge in [0.2, 0.25) is 0 Å². The van der Waals surface area contributed by atoms with Gasteiger partial charge in [-0.05, 0) is 60.7 Å². The topological polar surface area (TPSA) is 254 Å². The molecule has 0 fully saturated rings. The molecule has 0 aliphatic carbocycles. The first-order valence-corrected chi connectivity index (χ1v) is 13.8. The Morgan fingerprint density at radius 1 is 0.805 bits per heavy atom. The van der Waals surface area contributed by atoms with Crippen molar-refractivity contribution in [3.05, 3.63) is 87.9 Å². The zero-order chi connectivity index (χ0) is 30.3. The molecule has 1 aliphatic rings. The van der Waals surface area contributed by atoms with Crippen LogP contribution in [0.3, 0.4) is 0 Å². The molecule has 2 heterocycles. The van der Waals surface area contributed by atoms with Gasteiger partial charge < -0.3 is 10.2 Å². The molecular weight excluding hydrogens is 588 g/mol. The second-order valence-corrected chi connectivity index (χ2v) is 10.9. The van der Waals surface area contributed by atoms with E-state index in [1.807, 2.05) is 0 Å². The molecule has 16 nitrogen and oxygen atoms in total. The highest BCUT2D eigenvalue weighted by Crippen LogP contribution is 2.25. The van der Waals surface area contributed by atoms with Gasteiger partial charge in [0.25, 0.3) is 31.7 Å². The quantitative estimate of drug-likeness (QED) is 0.177. The number of rotatable bonds is 8. The maximum atomic E-state index is 12.9. The average Bonchev–Trinajstić information content (AvgIpc) is 3.40. The van der Waals surface area contributed by atoms with E-state index in [0.29, 0.717) is 5.01 Å². The molecule has 0 saturated heterocycles. The number of carbonyl (C=O) groups is 3. The second-order valence-electron chi connectivity index (χ2n) is 8.09. The third-order valence-electron chi connectivity index (χ3n) is 5.52. The van der Waals surface area contributed by atoms with Crippen LogP contribution in [-0.2, 0) is 29.8 Å². The zero-order valence-electron chi connectivity index (χ0n) is 20.1. The van der Waals surface area contributed by atoms with Gasteiger partial charge in [-0.25, -0.2) is 14.3 Å². The first-order valence-electron chi connectivity index (χ1n) is 10.9. The van der Waals surface area contributed by atoms with Crippen LogP contribution in [-0.4, -0.2) is 69.5 Å². The lowest BCUT2D eigenvalue weighted by atomic mass is 10.1. The van der Waals surface area contributed by atoms with Gasteiger partial charge in [0.15, 0.2) is 11.4 Å². The number of carbonyl (C=O) groups excluding carboxylic acids is 1. The number of aromatic carboxylic acids is 1. The minimum Gasteiger partial charge on any atom is -0.476 e. The Bertz CT molecular complexity index is 1970. The molecule has 3 aromatic rings. The first-order chi connectivity index (χ1) is 19.1. The van der Waals surface area contributed by atoms with E-state index in [4.69, 9.17) is 9.11 Å². The van der Waals surface area contributed by atoms with Crippen LogP contribution in [0.25, 0.3) is 11.8 Å². The smallest absolute Gasteiger partial charge is 0.357 e. The van der Waals surface area contributed by atoms with Gasteiger partial charge in [0.1, 0.15) is 0 Å². The number of amides is 1. The van der Waals surface area contributed by atoms with E-state index in [1.54, 1.807) is 0 Å². The number of anilines is 1. The van der Waals surface area contributed by atoms with E-state index in [0.717, 1.165) is 71.4 Å². The number of carboxylic acid groups (broad SMARTS) is 2. The molecule has 2 aromatic carbocycles. The number of aromatic nitrogens is 2. The van der Waals surface area contributed by atoms with Gasteiger partial charge in [-0.1, -0.05) is 6.08 Å². The van der Waals surface area contributed by atoms with E-state index >= 15 is 0 Å². The summed E-state index contributed by atoms with van der Waals surface area (Å²) in [6.07, 6.45) is 3.01. The first kappa shape index (κ1) is 28.8. The summed E-state index contributed by atoms with van der Waals surface area (Å²) in [5, 5.41) is 25.9. The lowest BCUT2D eigenvalue weighted by molar-refractivity contribution is -0.129. The summed E-state index contributed by atoms with van der Waals surface area (Å²) in [5.41, 5.74) is -3.08. The molecule has 41 heavy (non-hydrogen) atoms. The van der Waals surface area contributed by atoms with Crippen molar-refractivity contribution in [3.63, 3.8) is 0 Å². The van der Waals surface area contributed by atoms with Crippen molar-refractivity contribution in [2.24, 2.45) is 5.10 Å². The Morgan fingerprint density at radius 3 is 1.78 bits per heavy atom. The van der Waals surface area contributed by atoms with Gasteiger partial charge in [0, 0.05) is 0 Å². The molecule has 1 aromatic heterocycles. The van der Waals surface area contributed by atoms with Crippen molar-refractivity contribution in [3.8, 4) is 5.69 Å². The van der Waals surface area contributed by atoms with Crippen LogP contribution in [0.4, 0.5) is 5.69 Å². The number of carboxylic acids is 2. The fourth-order valence-corrected chi connectivity index (χ4v) is 4.63. The highest BCUT2D eigenvalue weighted by molar-refractivity contribution is 7.86. The Hall–Kier alpha value is -5.17. The van der Waals surface area contributed by atoms with E-state index in [1.165, 1.54) is 0 Å². The van der Waals surface area contributed by atoms with Crippen LogP contribution in [0.2, 0.25) is 0 Å². The number of H-pyrrole nitrogens is 1. The number of aliphatic carboxylic acids is 1. The summed E-state index contributed by atoms with van der Waals surface area (Å²) >= 11 is 0. The standard InChI is InChI=1S/C23H16N4O12S2/c28-20-17(19(23(32)33)26(25-20)12-4-8-14(9-5-12)40(34,35)36)3-1-2-16-18(22(30)31)24-27(21(16)29)13-6-10-15(11-7-13)41(37,38)39/h1-11H,(H,25,28)(H,30,31)(H,32,33)(H,34,35,36)(H,37,38,39). The molecule has 4 rings (SSSR count). The number of nitrogens with one attached hydrogen (secondary N) is 1. The molecule has 0 bridgehead atoms. The van der Waals surface area contributed by atoms with Crippen molar-refractivity contribution in [2.45, 2.75) is 9.79 Å². The van der Waals surface area contributed by atoms with E-state index in [9.17, 15) is 46.2 Å². The molecule has 0 atom stereocenters. The number of aromatic amines is 1. The van der Waals surface area contributed by atoms with E-state index < -0.39 is 76.0 Å². The normalized spacial score (nSPS) is 15.1. The van der Waals surface area contributed by atoms with Crippen molar-refractivity contribution < 1.29 is 50.5 Å². The number of allylic oxidation sites excluding steroid dienone is 2. The van der Waals surface area contributed by atoms with Crippen molar-refractivity contribution >= 4 is 55.6 Å². The number of hydrazone groups is 1. The van der Waals surface area contributed by atoms with E-state index in [-0.39, 0.29) is 11.4 Å². The molecule has 18 heteroatoms. The molecule has 0 radical (unpaired) electrons. The number of benzene rings is 2. The van der Waals surface area contributed by atoms with Crippen LogP contribution in [0.1, 0.15) is 16.1 Å². The molecule has 5 N–H and O–H groups in total. The van der Waals surface area contributed by atoms with Gasteiger partial charge >= 0.3 is 11.9 Å². The van der Waals surface area contributed by atoms with Crippen LogP contribution in [0, 0.1) is 0 Å². The Labute approximate surface area is 229 Å². The molecule has 0 spiro atoms. The van der Waals surface area contributed by atoms with Crippen LogP contribution in [0.15, 0.2) is 85.9 Å². The van der Waals surface area contributed by atoms with Gasteiger partial charge in [-0.3, -0.25) is 23.8 Å². The molecule has 0 unspecified atom stereocenters. The van der Waals surface area contributed by atoms with Crippen LogP contribution >= 0.6 is 0 Å². The van der Waals surface area contributed by atoms with E-state index in [2.05, 4.69) is 10.2 Å². The maximum absolute atomic E-state index is 12.9. The molecule has 1 amide bonds. The minimum absolute atomic E-state index is 0.0202. The van der Waals surface area contributed by atoms with Crippen LogP contribution < -0.4 is 10.6 Å². The second kappa shape index (κ2) is 10.4. The SMILES string of the molecule is O=C(O)C1=NN(c2ccc(S(=O)(=O)O)cc2)C(=O)C1=CC=Cc1c(C(=O)O)n(-c2ccc(S(=O)(=O)O)cc2)[nH]c1=O. The Balaban J connectivity index is 1.70. The monoisotopic (exact) mass is 604 g/mol. The minimum atomic E-state index is -4.53. The van der Waals surface area contributed by atoms with Crippen molar-refractivity contribution in [2.75, 3.05) is 5.01 Å². The largest absolute Gasteiger partial charge is 0.476 e. The van der Waals surface area contributed by atoms with Gasteiger partial charge in [-0.15, -0.1) is 0 Å².